The number of hydrogen-bond donors (Lipinski definition) is 3. The van der Waals surface area contributed by atoms with Gasteiger partial charge in [-0.3, -0.25) is 9.59 Å². The Morgan fingerprint density at radius 2 is 1.83 bits per heavy atom. The summed E-state index contributed by atoms with van der Waals surface area (Å²) in [4.78, 5) is 24.6. The molecule has 2 atom stereocenters. The summed E-state index contributed by atoms with van der Waals surface area (Å²) in [6, 6.07) is 8.42. The number of benzene rings is 1. The molecule has 6 heteroatoms. The summed E-state index contributed by atoms with van der Waals surface area (Å²) in [7, 11) is 0. The van der Waals surface area contributed by atoms with E-state index in [1.807, 2.05) is 19.9 Å². The van der Waals surface area contributed by atoms with Crippen molar-refractivity contribution in [2.45, 2.75) is 39.2 Å². The molecule has 1 aromatic carbocycles. The molecule has 0 aliphatic rings. The van der Waals surface area contributed by atoms with Crippen LogP contribution in [0.25, 0.3) is 0 Å². The molecular weight excluding hydrogens is 314 g/mol. The topological polar surface area (TPSA) is 84.2 Å². The van der Waals surface area contributed by atoms with E-state index in [9.17, 15) is 9.59 Å². The van der Waals surface area contributed by atoms with Gasteiger partial charge in [0.15, 0.2) is 0 Å². The van der Waals surface area contributed by atoms with E-state index in [0.717, 1.165) is 19.3 Å². The molecule has 0 heterocycles. The lowest BCUT2D eigenvalue weighted by Gasteiger charge is -2.23. The molecule has 0 aromatic heterocycles. The van der Waals surface area contributed by atoms with Crippen LogP contribution in [0.2, 0.25) is 0 Å². The number of carbonyl (C=O) groups excluding carboxylic acids is 2. The summed E-state index contributed by atoms with van der Waals surface area (Å²) in [6.45, 7) is 5.18. The van der Waals surface area contributed by atoms with Crippen LogP contribution in [0.4, 0.5) is 0 Å². The van der Waals surface area contributed by atoms with Gasteiger partial charge in [0.1, 0.15) is 6.04 Å². The molecule has 0 spiro atoms. The molecule has 0 saturated carbocycles. The third-order valence-corrected chi connectivity index (χ3v) is 3.75. The second-order valence-corrected chi connectivity index (χ2v) is 5.49. The fourth-order valence-electron chi connectivity index (χ4n) is 2.11. The van der Waals surface area contributed by atoms with Crippen LogP contribution in [-0.2, 0) is 4.79 Å². The average molecular weight is 342 g/mol. The zero-order chi connectivity index (χ0) is 16.4. The number of amides is 2. The van der Waals surface area contributed by atoms with E-state index in [-0.39, 0.29) is 30.1 Å². The van der Waals surface area contributed by atoms with Crippen LogP contribution < -0.4 is 16.4 Å². The van der Waals surface area contributed by atoms with Crippen molar-refractivity contribution in [3.8, 4) is 0 Å². The average Bonchev–Trinajstić information content (AvgIpc) is 2.56. The smallest absolute Gasteiger partial charge is 0.251 e. The van der Waals surface area contributed by atoms with Crippen molar-refractivity contribution in [2.24, 2.45) is 11.7 Å². The number of halogens is 1. The number of nitrogens with two attached hydrogens (primary N) is 1. The quantitative estimate of drug-likeness (QED) is 0.601. The van der Waals surface area contributed by atoms with Gasteiger partial charge in [-0.05, 0) is 37.4 Å². The minimum Gasteiger partial charge on any atom is -0.354 e. The fraction of sp³-hybridized carbons (Fsp3) is 0.529. The van der Waals surface area contributed by atoms with E-state index < -0.39 is 6.04 Å². The van der Waals surface area contributed by atoms with Crippen LogP contribution in [-0.4, -0.2) is 30.9 Å². The molecule has 0 aliphatic heterocycles. The predicted octanol–water partition coefficient (Wildman–Crippen LogP) is 2.11. The second kappa shape index (κ2) is 11.9. The van der Waals surface area contributed by atoms with Gasteiger partial charge in [-0.15, -0.1) is 12.4 Å². The van der Waals surface area contributed by atoms with E-state index in [4.69, 9.17) is 5.73 Å². The maximum absolute atomic E-state index is 12.3. The summed E-state index contributed by atoms with van der Waals surface area (Å²) in [5.41, 5.74) is 6.00. The Bertz CT molecular complexity index is 468. The largest absolute Gasteiger partial charge is 0.354 e. The van der Waals surface area contributed by atoms with Gasteiger partial charge < -0.3 is 16.4 Å². The summed E-state index contributed by atoms with van der Waals surface area (Å²) in [6.07, 6.45) is 2.54. The molecule has 130 valence electrons. The molecule has 2 unspecified atom stereocenters. The van der Waals surface area contributed by atoms with Crippen molar-refractivity contribution >= 4 is 24.2 Å². The monoisotopic (exact) mass is 341 g/mol. The number of hydrogen-bond acceptors (Lipinski definition) is 3. The van der Waals surface area contributed by atoms with Crippen molar-refractivity contribution in [3.05, 3.63) is 35.9 Å². The molecule has 5 nitrogen and oxygen atoms in total. The highest BCUT2D eigenvalue weighted by molar-refractivity contribution is 5.97. The minimum absolute atomic E-state index is 0. The Morgan fingerprint density at radius 3 is 2.39 bits per heavy atom. The molecule has 0 bridgehead atoms. The van der Waals surface area contributed by atoms with Crippen molar-refractivity contribution in [1.29, 1.82) is 0 Å². The molecule has 0 saturated heterocycles. The van der Waals surface area contributed by atoms with E-state index in [1.165, 1.54) is 0 Å². The zero-order valence-corrected chi connectivity index (χ0v) is 14.7. The van der Waals surface area contributed by atoms with Crippen molar-refractivity contribution < 1.29 is 9.59 Å². The van der Waals surface area contributed by atoms with Gasteiger partial charge in [0.2, 0.25) is 5.91 Å². The molecule has 23 heavy (non-hydrogen) atoms. The lowest BCUT2D eigenvalue weighted by atomic mass is 9.97. The number of rotatable bonds is 9. The molecule has 0 aliphatic carbocycles. The maximum atomic E-state index is 12.3. The van der Waals surface area contributed by atoms with E-state index in [0.29, 0.717) is 18.7 Å². The Labute approximate surface area is 144 Å². The lowest BCUT2D eigenvalue weighted by molar-refractivity contribution is -0.124. The second-order valence-electron chi connectivity index (χ2n) is 5.49. The molecule has 0 fully saturated rings. The standard InChI is InChI=1S/C17H27N3O2.ClH/c1-3-13(2)15(17(22)19-12-8-7-11-18)20-16(21)14-9-5-4-6-10-14;/h4-6,9-10,13,15H,3,7-8,11-12,18H2,1-2H3,(H,19,22)(H,20,21);1H. The fourth-order valence-corrected chi connectivity index (χ4v) is 2.11. The van der Waals surface area contributed by atoms with Gasteiger partial charge in [0.25, 0.3) is 5.91 Å². The van der Waals surface area contributed by atoms with Gasteiger partial charge >= 0.3 is 0 Å². The van der Waals surface area contributed by atoms with E-state index in [2.05, 4.69) is 10.6 Å². The molecule has 0 radical (unpaired) electrons. The Kier molecular flexibility index (Phi) is 11.1. The summed E-state index contributed by atoms with van der Waals surface area (Å²) >= 11 is 0. The van der Waals surface area contributed by atoms with Crippen LogP contribution in [0.3, 0.4) is 0 Å². The third-order valence-electron chi connectivity index (χ3n) is 3.75. The minimum atomic E-state index is -0.518. The highest BCUT2D eigenvalue weighted by Crippen LogP contribution is 2.09. The Hall–Kier alpha value is -1.59. The van der Waals surface area contributed by atoms with Crippen LogP contribution in [0.1, 0.15) is 43.5 Å². The highest BCUT2D eigenvalue weighted by atomic mass is 35.5. The first-order valence-electron chi connectivity index (χ1n) is 7.93. The first-order valence-corrected chi connectivity index (χ1v) is 7.93. The summed E-state index contributed by atoms with van der Waals surface area (Å²) < 4.78 is 0. The van der Waals surface area contributed by atoms with Crippen LogP contribution in [0, 0.1) is 5.92 Å². The molecule has 1 aromatic rings. The predicted molar refractivity (Wildman–Crippen MR) is 95.7 cm³/mol. The van der Waals surface area contributed by atoms with Crippen molar-refractivity contribution in [1.82, 2.24) is 10.6 Å². The van der Waals surface area contributed by atoms with Crippen LogP contribution >= 0.6 is 12.4 Å². The van der Waals surface area contributed by atoms with E-state index in [1.54, 1.807) is 24.3 Å². The van der Waals surface area contributed by atoms with Gasteiger partial charge in [-0.1, -0.05) is 38.5 Å². The van der Waals surface area contributed by atoms with Crippen LogP contribution in [0.15, 0.2) is 30.3 Å². The van der Waals surface area contributed by atoms with Crippen LogP contribution in [0.5, 0.6) is 0 Å². The number of nitrogens with one attached hydrogen (secondary N) is 2. The zero-order valence-electron chi connectivity index (χ0n) is 13.9. The van der Waals surface area contributed by atoms with Gasteiger partial charge in [-0.2, -0.15) is 0 Å². The molecule has 1 rings (SSSR count). The number of carbonyl (C=O) groups is 2. The van der Waals surface area contributed by atoms with Crippen molar-refractivity contribution in [2.75, 3.05) is 13.1 Å². The van der Waals surface area contributed by atoms with Gasteiger partial charge in [-0.25, -0.2) is 0 Å². The first-order chi connectivity index (χ1) is 10.6. The normalized spacial score (nSPS) is 12.7. The van der Waals surface area contributed by atoms with Gasteiger partial charge in [0.05, 0.1) is 0 Å². The van der Waals surface area contributed by atoms with Crippen molar-refractivity contribution in [3.63, 3.8) is 0 Å². The molecular formula is C17H28ClN3O2. The Balaban J connectivity index is 0.00000484. The molecule has 2 amide bonds. The van der Waals surface area contributed by atoms with Gasteiger partial charge in [0, 0.05) is 12.1 Å². The van der Waals surface area contributed by atoms with E-state index >= 15 is 0 Å². The SMILES string of the molecule is CCC(C)C(NC(=O)c1ccccc1)C(=O)NCCCCN.Cl. The number of unbranched alkanes of at least 4 members (excludes halogenated alkanes) is 1. The Morgan fingerprint density at radius 1 is 1.17 bits per heavy atom. The summed E-state index contributed by atoms with van der Waals surface area (Å²) in [5.74, 6) is -0.277. The third kappa shape index (κ3) is 7.48. The lowest BCUT2D eigenvalue weighted by Crippen LogP contribution is -2.50. The highest BCUT2D eigenvalue weighted by Gasteiger charge is 2.25. The summed E-state index contributed by atoms with van der Waals surface area (Å²) in [5, 5.41) is 5.73. The first kappa shape index (κ1) is 21.4. The maximum Gasteiger partial charge on any atom is 0.251 e. The molecule has 4 N–H and O–H groups in total.